The number of urea groups is 1. The number of pyridine rings is 1. The van der Waals surface area contributed by atoms with Crippen molar-refractivity contribution in [1.82, 2.24) is 19.7 Å². The van der Waals surface area contributed by atoms with E-state index in [9.17, 15) is 23.1 Å². The van der Waals surface area contributed by atoms with Crippen LogP contribution in [0.2, 0.25) is 0 Å². The molecule has 1 aliphatic heterocycles. The van der Waals surface area contributed by atoms with Gasteiger partial charge in [-0.15, -0.1) is 18.3 Å². The number of carbonyl (C=O) groups is 1. The Morgan fingerprint density at radius 2 is 1.91 bits per heavy atom. The molecule has 4 aromatic rings. The van der Waals surface area contributed by atoms with Crippen LogP contribution in [0.4, 0.5) is 29.5 Å². The highest BCUT2D eigenvalue weighted by molar-refractivity contribution is 8.14. The minimum absolute atomic E-state index is 0.212. The predicted octanol–water partition coefficient (Wildman–Crippen LogP) is 6.62. The van der Waals surface area contributed by atoms with Gasteiger partial charge in [-0.2, -0.15) is 4.99 Å². The van der Waals surface area contributed by atoms with E-state index in [-0.39, 0.29) is 11.7 Å². The number of halogens is 3. The van der Waals surface area contributed by atoms with Crippen LogP contribution in [-0.4, -0.2) is 54.4 Å². The molecule has 10 nitrogen and oxygen atoms in total. The third-order valence-electron chi connectivity index (χ3n) is 6.42. The monoisotopic (exact) mass is 623 g/mol. The van der Waals surface area contributed by atoms with Crippen LogP contribution in [0, 0.1) is 6.92 Å². The summed E-state index contributed by atoms with van der Waals surface area (Å²) in [5, 5.41) is 18.1. The number of aliphatic hydroxyl groups is 1. The predicted molar refractivity (Wildman–Crippen MR) is 164 cm³/mol. The topological polar surface area (TPSA) is 118 Å². The summed E-state index contributed by atoms with van der Waals surface area (Å²) >= 11 is 1.30. The van der Waals surface area contributed by atoms with Crippen LogP contribution in [0.3, 0.4) is 0 Å². The largest absolute Gasteiger partial charge is 0.573 e. The molecule has 0 radical (unpaired) electrons. The Kier molecular flexibility index (Phi) is 9.01. The number of amidine groups is 1. The van der Waals surface area contributed by atoms with Crippen molar-refractivity contribution in [3.8, 4) is 11.4 Å². The van der Waals surface area contributed by atoms with Crippen molar-refractivity contribution in [2.45, 2.75) is 39.3 Å². The van der Waals surface area contributed by atoms with Crippen molar-refractivity contribution in [2.24, 2.45) is 4.99 Å². The van der Waals surface area contributed by atoms with Gasteiger partial charge in [-0.05, 0) is 84.1 Å². The number of amides is 2. The summed E-state index contributed by atoms with van der Waals surface area (Å²) < 4.78 is 42.4. The first-order valence-corrected chi connectivity index (χ1v) is 14.5. The van der Waals surface area contributed by atoms with Crippen molar-refractivity contribution < 1.29 is 27.8 Å². The fourth-order valence-electron chi connectivity index (χ4n) is 4.37. The van der Waals surface area contributed by atoms with E-state index in [1.54, 1.807) is 35.4 Å². The SMILES string of the molecule is Cc1ccc(C(C)C)c(N2C(=NC(=O)Nc3ccc(/C=C/c4ncn(-c5ccc(OC(F)(F)F)cc5)n4)cn3)SCC2O)c1. The second-order valence-electron chi connectivity index (χ2n) is 10.1. The van der Waals surface area contributed by atoms with Crippen molar-refractivity contribution >= 4 is 46.6 Å². The molecule has 5 rings (SSSR count). The number of aromatic nitrogens is 4. The first-order valence-electron chi connectivity index (χ1n) is 13.5. The molecule has 3 heterocycles. The first-order chi connectivity index (χ1) is 20.9. The van der Waals surface area contributed by atoms with Crippen LogP contribution < -0.4 is 15.0 Å². The molecule has 1 fully saturated rings. The van der Waals surface area contributed by atoms with Gasteiger partial charge in [-0.1, -0.05) is 37.7 Å². The summed E-state index contributed by atoms with van der Waals surface area (Å²) in [6.45, 7) is 6.12. The second-order valence-corrected chi connectivity index (χ2v) is 11.1. The van der Waals surface area contributed by atoms with Crippen LogP contribution in [0.5, 0.6) is 5.75 Å². The number of alkyl halides is 3. The van der Waals surface area contributed by atoms with Gasteiger partial charge in [0.2, 0.25) is 0 Å². The molecule has 2 N–H and O–H groups in total. The quantitative estimate of drug-likeness (QED) is 0.236. The Bertz CT molecular complexity index is 1690. The summed E-state index contributed by atoms with van der Waals surface area (Å²) in [5.41, 5.74) is 4.12. The van der Waals surface area contributed by atoms with Gasteiger partial charge in [0.1, 0.15) is 24.1 Å². The Balaban J connectivity index is 1.22. The maximum Gasteiger partial charge on any atom is 0.573 e. The molecule has 44 heavy (non-hydrogen) atoms. The fraction of sp³-hybridized carbons (Fsp3) is 0.233. The minimum Gasteiger partial charge on any atom is -0.406 e. The number of ether oxygens (including phenoxy) is 1. The van der Waals surface area contributed by atoms with Crippen LogP contribution in [-0.2, 0) is 0 Å². The Hall–Kier alpha value is -4.69. The molecule has 2 aromatic heterocycles. The maximum atomic E-state index is 12.8. The average molecular weight is 624 g/mol. The van der Waals surface area contributed by atoms with E-state index in [0.29, 0.717) is 33.8 Å². The molecule has 0 spiro atoms. The number of benzene rings is 2. The third-order valence-corrected chi connectivity index (χ3v) is 7.43. The second kappa shape index (κ2) is 12.9. The van der Waals surface area contributed by atoms with Gasteiger partial charge in [0.05, 0.1) is 5.69 Å². The van der Waals surface area contributed by atoms with Crippen LogP contribution in [0.15, 0.2) is 72.1 Å². The van der Waals surface area contributed by atoms with Crippen molar-refractivity contribution in [3.05, 3.63) is 89.6 Å². The van der Waals surface area contributed by atoms with Crippen molar-refractivity contribution in [1.29, 1.82) is 0 Å². The highest BCUT2D eigenvalue weighted by atomic mass is 32.2. The van der Waals surface area contributed by atoms with E-state index in [1.807, 2.05) is 25.1 Å². The van der Waals surface area contributed by atoms with Gasteiger partial charge in [-0.3, -0.25) is 10.2 Å². The molecule has 0 saturated carbocycles. The summed E-state index contributed by atoms with van der Waals surface area (Å²) in [4.78, 5) is 27.2. The van der Waals surface area contributed by atoms with E-state index >= 15 is 0 Å². The molecule has 0 aliphatic carbocycles. The molecular weight excluding hydrogens is 595 g/mol. The lowest BCUT2D eigenvalue weighted by atomic mass is 9.98. The van der Waals surface area contributed by atoms with Crippen molar-refractivity contribution in [3.63, 3.8) is 0 Å². The Labute approximate surface area is 255 Å². The number of aryl methyl sites for hydroxylation is 1. The Morgan fingerprint density at radius 1 is 1.14 bits per heavy atom. The average Bonchev–Trinajstić information content (AvgIpc) is 3.58. The number of nitrogens with zero attached hydrogens (tertiary/aromatic N) is 6. The normalized spacial score (nSPS) is 16.3. The van der Waals surface area contributed by atoms with E-state index in [2.05, 4.69) is 44.0 Å². The number of hydrogen-bond acceptors (Lipinski definition) is 7. The number of nitrogens with one attached hydrogen (secondary N) is 1. The molecule has 2 aromatic carbocycles. The molecule has 228 valence electrons. The van der Waals surface area contributed by atoms with Crippen LogP contribution >= 0.6 is 11.8 Å². The van der Waals surface area contributed by atoms with Gasteiger partial charge >= 0.3 is 12.4 Å². The lowest BCUT2D eigenvalue weighted by Gasteiger charge is -2.26. The smallest absolute Gasteiger partial charge is 0.406 e. The van der Waals surface area contributed by atoms with E-state index in [4.69, 9.17) is 0 Å². The summed E-state index contributed by atoms with van der Waals surface area (Å²) in [6, 6.07) is 14.0. The zero-order valence-electron chi connectivity index (χ0n) is 23.9. The van der Waals surface area contributed by atoms with Gasteiger partial charge < -0.3 is 9.84 Å². The first kappa shape index (κ1) is 30.8. The molecular formula is C30H28F3N7O3S. The molecule has 2 amide bonds. The highest BCUT2D eigenvalue weighted by Crippen LogP contribution is 2.35. The molecule has 14 heteroatoms. The lowest BCUT2D eigenvalue weighted by molar-refractivity contribution is -0.274. The Morgan fingerprint density at radius 3 is 2.59 bits per heavy atom. The highest BCUT2D eigenvalue weighted by Gasteiger charge is 2.33. The summed E-state index contributed by atoms with van der Waals surface area (Å²) in [5.74, 6) is 0.924. The number of aliphatic imine (C=N–C) groups is 1. The number of thioether (sulfide) groups is 1. The van der Waals surface area contributed by atoms with Crippen LogP contribution in [0.25, 0.3) is 17.8 Å². The zero-order valence-corrected chi connectivity index (χ0v) is 24.7. The number of carbonyl (C=O) groups excluding carboxylic acids is 1. The third kappa shape index (κ3) is 7.63. The minimum atomic E-state index is -4.76. The molecule has 1 atom stereocenters. The number of rotatable bonds is 7. The number of anilines is 2. The number of hydrogen-bond donors (Lipinski definition) is 2. The standard InChI is InChI=1S/C30H28F3N7O3S/c1-18(2)23-11-4-19(3)14-24(23)40-27(41)16-44-29(40)37-28(42)36-25-12-5-20(15-34-25)6-13-26-35-17-39(38-26)21-7-9-22(10-8-21)43-30(31,32)33/h4-15,17-18,27,41H,16H2,1-3H3,(H,34,36,42)/b13-6+,37-29?. The molecule has 0 bridgehead atoms. The van der Waals surface area contributed by atoms with Gasteiger partial charge in [0.25, 0.3) is 0 Å². The zero-order chi connectivity index (χ0) is 31.4. The molecule has 1 saturated heterocycles. The summed E-state index contributed by atoms with van der Waals surface area (Å²) in [7, 11) is 0. The fourth-order valence-corrected chi connectivity index (χ4v) is 5.32. The number of aliphatic hydroxyl groups excluding tert-OH is 1. The lowest BCUT2D eigenvalue weighted by Crippen LogP contribution is -2.35. The van der Waals surface area contributed by atoms with Crippen LogP contribution in [0.1, 0.15) is 42.3 Å². The molecule has 1 aliphatic rings. The van der Waals surface area contributed by atoms with E-state index < -0.39 is 18.6 Å². The van der Waals surface area contributed by atoms with E-state index in [1.165, 1.54) is 47.0 Å². The van der Waals surface area contributed by atoms with Gasteiger partial charge in [0, 0.05) is 17.6 Å². The maximum absolute atomic E-state index is 12.8. The van der Waals surface area contributed by atoms with E-state index in [0.717, 1.165) is 16.8 Å². The van der Waals surface area contributed by atoms with Gasteiger partial charge in [0.15, 0.2) is 11.0 Å². The summed E-state index contributed by atoms with van der Waals surface area (Å²) in [6.07, 6.45) is 0.782. The van der Waals surface area contributed by atoms with Gasteiger partial charge in [-0.25, -0.2) is 19.4 Å². The van der Waals surface area contributed by atoms with Crippen molar-refractivity contribution in [2.75, 3.05) is 16.0 Å². The molecule has 1 unspecified atom stereocenters.